The van der Waals surface area contributed by atoms with E-state index < -0.39 is 0 Å². The van der Waals surface area contributed by atoms with E-state index in [-0.39, 0.29) is 29.6 Å². The average Bonchev–Trinajstić information content (AvgIpc) is 2.83. The van der Waals surface area contributed by atoms with Crippen molar-refractivity contribution in [2.75, 3.05) is 46.9 Å². The molecule has 33 heavy (non-hydrogen) atoms. The molecule has 1 saturated heterocycles. The Kier molecular flexibility index (Phi) is 9.35. The number of carbonyl (C=O) groups is 1. The molecule has 180 valence electrons. The van der Waals surface area contributed by atoms with Gasteiger partial charge in [-0.1, -0.05) is 24.3 Å². The number of nitrogens with zero attached hydrogens (tertiary/aromatic N) is 2. The number of piperazine rings is 1. The molecule has 7 heteroatoms. The second kappa shape index (κ2) is 12.2. The van der Waals surface area contributed by atoms with Gasteiger partial charge in [-0.2, -0.15) is 0 Å². The first-order valence-corrected chi connectivity index (χ1v) is 11.5. The van der Waals surface area contributed by atoms with Gasteiger partial charge in [0.2, 0.25) is 0 Å². The fourth-order valence-corrected chi connectivity index (χ4v) is 4.38. The highest BCUT2D eigenvalue weighted by molar-refractivity contribution is 5.72. The quantitative estimate of drug-likeness (QED) is 0.493. The molecule has 0 aromatic heterocycles. The normalized spacial score (nSPS) is 17.0. The molecule has 0 saturated carbocycles. The highest BCUT2D eigenvalue weighted by Gasteiger charge is 2.26. The van der Waals surface area contributed by atoms with Crippen LogP contribution in [-0.4, -0.2) is 62.7 Å². The van der Waals surface area contributed by atoms with Crippen LogP contribution in [0.5, 0.6) is 0 Å². The van der Waals surface area contributed by atoms with Gasteiger partial charge in [-0.15, -0.1) is 0 Å². The molecule has 2 unspecified atom stereocenters. The largest absolute Gasteiger partial charge is 0.469 e. The third-order valence-corrected chi connectivity index (χ3v) is 6.45. The van der Waals surface area contributed by atoms with Crippen LogP contribution in [0, 0.1) is 24.5 Å². The van der Waals surface area contributed by atoms with Gasteiger partial charge in [0.15, 0.2) is 0 Å². The highest BCUT2D eigenvalue weighted by atomic mass is 19.1. The molecule has 1 heterocycles. The summed E-state index contributed by atoms with van der Waals surface area (Å²) >= 11 is 0. The van der Waals surface area contributed by atoms with E-state index in [1.165, 1.54) is 25.3 Å². The number of ether oxygens (including phenoxy) is 2. The molecule has 3 rings (SSSR count). The van der Waals surface area contributed by atoms with Gasteiger partial charge in [-0.05, 0) is 61.2 Å². The van der Waals surface area contributed by atoms with E-state index in [1.807, 2.05) is 12.1 Å². The van der Waals surface area contributed by atoms with Crippen LogP contribution in [0.1, 0.15) is 35.6 Å². The summed E-state index contributed by atoms with van der Waals surface area (Å²) in [6.07, 6.45) is 0.856. The molecule has 0 spiro atoms. The maximum Gasteiger partial charge on any atom is 0.308 e. The third kappa shape index (κ3) is 7.32. The zero-order valence-corrected chi connectivity index (χ0v) is 19.7. The van der Waals surface area contributed by atoms with Crippen LogP contribution in [0.25, 0.3) is 0 Å². The number of carbonyl (C=O) groups excluding carboxylic acids is 1. The average molecular weight is 461 g/mol. The molecule has 0 radical (unpaired) electrons. The summed E-state index contributed by atoms with van der Waals surface area (Å²) in [7, 11) is 3.01. The fraction of sp³-hybridized carbons (Fsp3) is 0.500. The lowest BCUT2D eigenvalue weighted by Gasteiger charge is -2.35. The number of esters is 1. The van der Waals surface area contributed by atoms with Gasteiger partial charge in [-0.25, -0.2) is 8.78 Å². The molecule has 2 atom stereocenters. The number of halogens is 2. The van der Waals surface area contributed by atoms with Gasteiger partial charge >= 0.3 is 5.97 Å². The lowest BCUT2D eigenvalue weighted by atomic mass is 9.93. The molecule has 0 bridgehead atoms. The Morgan fingerprint density at radius 3 is 2.27 bits per heavy atom. The van der Waals surface area contributed by atoms with Gasteiger partial charge in [-0.3, -0.25) is 9.69 Å². The summed E-state index contributed by atoms with van der Waals surface area (Å²) < 4.78 is 37.4. The predicted octanol–water partition coefficient (Wildman–Crippen LogP) is 4.35. The minimum absolute atomic E-state index is 0.168. The van der Waals surface area contributed by atoms with Crippen molar-refractivity contribution in [3.05, 3.63) is 70.8 Å². The smallest absolute Gasteiger partial charge is 0.308 e. The van der Waals surface area contributed by atoms with Gasteiger partial charge in [0.05, 0.1) is 19.1 Å². The molecule has 5 nitrogen and oxygen atoms in total. The Morgan fingerprint density at radius 2 is 1.67 bits per heavy atom. The Labute approximate surface area is 195 Å². The van der Waals surface area contributed by atoms with E-state index in [4.69, 9.17) is 9.47 Å². The first-order valence-electron chi connectivity index (χ1n) is 11.5. The topological polar surface area (TPSA) is 42.0 Å². The summed E-state index contributed by atoms with van der Waals surface area (Å²) in [5.74, 6) is -1.01. The summed E-state index contributed by atoms with van der Waals surface area (Å²) in [5, 5.41) is 0. The Hall–Kier alpha value is -2.35. The maximum atomic E-state index is 13.5. The van der Waals surface area contributed by atoms with Crippen molar-refractivity contribution < 1.29 is 23.0 Å². The van der Waals surface area contributed by atoms with Crippen LogP contribution in [0.3, 0.4) is 0 Å². The first-order chi connectivity index (χ1) is 15.9. The molecular formula is C26H34F2N2O3. The van der Waals surface area contributed by atoms with Crippen LogP contribution in [0.4, 0.5) is 8.78 Å². The Morgan fingerprint density at radius 1 is 1.00 bits per heavy atom. The number of aryl methyl sites for hydroxylation is 1. The van der Waals surface area contributed by atoms with Crippen LogP contribution in [0.2, 0.25) is 0 Å². The van der Waals surface area contributed by atoms with E-state index in [0.29, 0.717) is 18.4 Å². The molecule has 2 aromatic rings. The molecular weight excluding hydrogens is 426 g/mol. The van der Waals surface area contributed by atoms with E-state index in [1.54, 1.807) is 26.2 Å². The minimum Gasteiger partial charge on any atom is -0.469 e. The van der Waals surface area contributed by atoms with E-state index in [2.05, 4.69) is 9.80 Å². The van der Waals surface area contributed by atoms with Crippen molar-refractivity contribution in [2.24, 2.45) is 5.92 Å². The second-order valence-electron chi connectivity index (χ2n) is 8.72. The summed E-state index contributed by atoms with van der Waals surface area (Å²) in [6.45, 7) is 7.08. The van der Waals surface area contributed by atoms with Crippen molar-refractivity contribution in [1.29, 1.82) is 0 Å². The monoisotopic (exact) mass is 460 g/mol. The van der Waals surface area contributed by atoms with Crippen molar-refractivity contribution in [1.82, 2.24) is 9.80 Å². The van der Waals surface area contributed by atoms with Crippen molar-refractivity contribution in [3.8, 4) is 0 Å². The number of hydrogen-bond acceptors (Lipinski definition) is 5. The molecule has 1 fully saturated rings. The number of methoxy groups -OCH3 is 2. The highest BCUT2D eigenvalue weighted by Crippen LogP contribution is 2.27. The van der Waals surface area contributed by atoms with Crippen LogP contribution < -0.4 is 0 Å². The number of hydrogen-bond donors (Lipinski definition) is 0. The first kappa shape index (κ1) is 25.3. The van der Waals surface area contributed by atoms with Crippen LogP contribution in [0.15, 0.2) is 42.5 Å². The second-order valence-corrected chi connectivity index (χ2v) is 8.72. The van der Waals surface area contributed by atoms with E-state index >= 15 is 0 Å². The molecule has 0 amide bonds. The molecule has 0 aliphatic carbocycles. The van der Waals surface area contributed by atoms with E-state index in [9.17, 15) is 13.6 Å². The lowest BCUT2D eigenvalue weighted by Crippen LogP contribution is -2.46. The van der Waals surface area contributed by atoms with E-state index in [0.717, 1.165) is 50.4 Å². The third-order valence-electron chi connectivity index (χ3n) is 6.45. The van der Waals surface area contributed by atoms with Gasteiger partial charge < -0.3 is 14.4 Å². The van der Waals surface area contributed by atoms with Gasteiger partial charge in [0.1, 0.15) is 11.6 Å². The van der Waals surface area contributed by atoms with Crippen LogP contribution in [-0.2, 0) is 20.8 Å². The fourth-order valence-electron chi connectivity index (χ4n) is 4.38. The lowest BCUT2D eigenvalue weighted by molar-refractivity contribution is -0.147. The summed E-state index contributed by atoms with van der Waals surface area (Å²) in [6, 6.07) is 11.5. The van der Waals surface area contributed by atoms with Gasteiger partial charge in [0, 0.05) is 39.8 Å². The van der Waals surface area contributed by atoms with Crippen molar-refractivity contribution >= 4 is 5.97 Å². The molecule has 1 aliphatic heterocycles. The Balaban J connectivity index is 1.50. The molecule has 0 N–H and O–H groups in total. The summed E-state index contributed by atoms with van der Waals surface area (Å²) in [4.78, 5) is 17.2. The van der Waals surface area contributed by atoms with Crippen molar-refractivity contribution in [2.45, 2.75) is 32.4 Å². The van der Waals surface area contributed by atoms with Gasteiger partial charge in [0.25, 0.3) is 0 Å². The Bertz CT molecular complexity index is 899. The zero-order valence-electron chi connectivity index (χ0n) is 19.7. The van der Waals surface area contributed by atoms with Crippen molar-refractivity contribution in [3.63, 3.8) is 0 Å². The zero-order chi connectivity index (χ0) is 23.8. The number of rotatable bonds is 10. The minimum atomic E-state index is -0.301. The molecule has 2 aromatic carbocycles. The maximum absolute atomic E-state index is 13.5. The standard InChI is InChI=1S/C26H34F2N2O3/c1-19-16-20(4-9-24(19)28)18-30-14-12-29(13-15-30)11-10-22(26(31)33-3)17-25(32-2)21-5-7-23(27)8-6-21/h4-9,16,22,25H,10-15,17-18H2,1-3H3. The molecule has 1 aliphatic rings. The SMILES string of the molecule is COC(=O)C(CCN1CCN(Cc2ccc(F)c(C)c2)CC1)CC(OC)c1ccc(F)cc1. The predicted molar refractivity (Wildman–Crippen MR) is 124 cm³/mol. The number of benzene rings is 2. The van der Waals surface area contributed by atoms with Crippen LogP contribution >= 0.6 is 0 Å². The summed E-state index contributed by atoms with van der Waals surface area (Å²) in [5.41, 5.74) is 2.65.